The lowest BCUT2D eigenvalue weighted by Crippen LogP contribution is -2.45. The average molecular weight is 427 g/mol. The molecule has 0 aliphatic carbocycles. The van der Waals surface area contributed by atoms with Gasteiger partial charge in [-0.25, -0.2) is 4.39 Å². The van der Waals surface area contributed by atoms with Crippen LogP contribution in [0, 0.1) is 5.82 Å². The topological polar surface area (TPSA) is 32.6 Å². The molecule has 1 aliphatic rings. The van der Waals surface area contributed by atoms with E-state index in [2.05, 4.69) is 36.9 Å². The van der Waals surface area contributed by atoms with Gasteiger partial charge in [-0.2, -0.15) is 9.48 Å². The first-order valence-electron chi connectivity index (χ1n) is 6.55. The Morgan fingerprint density at radius 1 is 1.05 bits per heavy atom. The molecule has 0 fully saturated rings. The molecule has 1 atom stereocenters. The van der Waals surface area contributed by atoms with Gasteiger partial charge in [-0.15, -0.1) is 0 Å². The fourth-order valence-corrected chi connectivity index (χ4v) is 3.90. The molecular formula is C16H12Br2FN2O+. The standard InChI is InChI=1S/C16H12Br2FN2O/c17-14-3-1-2-4-15(14)21(12-7-5-11(19)6-8-12)13(10-22)9-20-16(21)18/h1-9,22H,10H2/q+1. The zero-order valence-corrected chi connectivity index (χ0v) is 14.6. The average Bonchev–Trinajstić information content (AvgIpc) is 2.86. The van der Waals surface area contributed by atoms with Crippen LogP contribution < -0.4 is 4.48 Å². The van der Waals surface area contributed by atoms with Gasteiger partial charge in [0, 0.05) is 34.1 Å². The van der Waals surface area contributed by atoms with E-state index in [1.807, 2.05) is 24.3 Å². The minimum atomic E-state index is -0.309. The zero-order valence-electron chi connectivity index (χ0n) is 11.4. The van der Waals surface area contributed by atoms with E-state index in [0.717, 1.165) is 15.8 Å². The maximum atomic E-state index is 13.3. The van der Waals surface area contributed by atoms with Crippen molar-refractivity contribution in [2.24, 2.45) is 4.99 Å². The van der Waals surface area contributed by atoms with Crippen molar-refractivity contribution < 1.29 is 9.50 Å². The number of hydrogen-bond acceptors (Lipinski definition) is 2. The molecule has 1 N–H and O–H groups in total. The van der Waals surface area contributed by atoms with E-state index in [0.29, 0.717) is 10.4 Å². The van der Waals surface area contributed by atoms with Crippen molar-refractivity contribution in [3.8, 4) is 0 Å². The van der Waals surface area contributed by atoms with E-state index in [4.69, 9.17) is 0 Å². The molecule has 3 nitrogen and oxygen atoms in total. The lowest BCUT2D eigenvalue weighted by atomic mass is 10.1. The van der Waals surface area contributed by atoms with E-state index in [9.17, 15) is 9.50 Å². The Morgan fingerprint density at radius 2 is 1.73 bits per heavy atom. The molecule has 0 spiro atoms. The van der Waals surface area contributed by atoms with Gasteiger partial charge in [0.1, 0.15) is 18.1 Å². The van der Waals surface area contributed by atoms with Crippen molar-refractivity contribution in [3.63, 3.8) is 0 Å². The van der Waals surface area contributed by atoms with E-state index in [1.165, 1.54) is 12.1 Å². The number of para-hydroxylation sites is 1. The van der Waals surface area contributed by atoms with Crippen LogP contribution in [0.25, 0.3) is 0 Å². The maximum Gasteiger partial charge on any atom is 0.286 e. The number of aliphatic imine (C=N–C) groups is 1. The van der Waals surface area contributed by atoms with Crippen LogP contribution in [0.15, 0.2) is 69.9 Å². The Kier molecular flexibility index (Phi) is 4.27. The van der Waals surface area contributed by atoms with Crippen molar-refractivity contribution in [2.75, 3.05) is 6.61 Å². The quantitative estimate of drug-likeness (QED) is 0.553. The number of hydrogen-bond donors (Lipinski definition) is 1. The minimum absolute atomic E-state index is 0.0954. The smallest absolute Gasteiger partial charge is 0.286 e. The monoisotopic (exact) mass is 425 g/mol. The highest BCUT2D eigenvalue weighted by molar-refractivity contribution is 9.18. The van der Waals surface area contributed by atoms with Crippen LogP contribution in [0.3, 0.4) is 0 Å². The summed E-state index contributed by atoms with van der Waals surface area (Å²) in [6, 6.07) is 13.9. The Labute approximate surface area is 144 Å². The Hall–Kier alpha value is -1.34. The molecule has 0 amide bonds. The van der Waals surface area contributed by atoms with Crippen LogP contribution in [-0.2, 0) is 0 Å². The number of benzene rings is 2. The first-order valence-corrected chi connectivity index (χ1v) is 8.14. The number of aliphatic hydroxyl groups excluding tert-OH is 1. The summed E-state index contributed by atoms with van der Waals surface area (Å²) in [5.41, 5.74) is 2.33. The Bertz CT molecular complexity index is 774. The molecule has 0 saturated heterocycles. The van der Waals surface area contributed by atoms with Gasteiger partial charge in [0.25, 0.3) is 4.74 Å². The number of rotatable bonds is 3. The molecule has 2 aromatic carbocycles. The summed E-state index contributed by atoms with van der Waals surface area (Å²) in [6.45, 7) is -0.169. The Balaban J connectivity index is 2.33. The molecule has 6 heteroatoms. The third kappa shape index (κ3) is 2.27. The lowest BCUT2D eigenvalue weighted by molar-refractivity contribution is 0.311. The van der Waals surface area contributed by atoms with Crippen LogP contribution in [-0.4, -0.2) is 16.5 Å². The SMILES string of the molecule is OCC1=CN=C(Br)[N+]1(c1ccc(F)cc1)c1ccccc1Br. The minimum Gasteiger partial charge on any atom is -0.386 e. The second kappa shape index (κ2) is 6.04. The van der Waals surface area contributed by atoms with Crippen molar-refractivity contribution in [1.29, 1.82) is 0 Å². The van der Waals surface area contributed by atoms with Gasteiger partial charge in [0.2, 0.25) is 0 Å². The first kappa shape index (κ1) is 15.6. The summed E-state index contributed by atoms with van der Waals surface area (Å²) in [5, 5.41) is 9.82. The van der Waals surface area contributed by atoms with Crippen LogP contribution in [0.5, 0.6) is 0 Å². The van der Waals surface area contributed by atoms with Crippen molar-refractivity contribution in [1.82, 2.24) is 4.48 Å². The highest BCUT2D eigenvalue weighted by atomic mass is 79.9. The molecule has 3 rings (SSSR count). The first-order chi connectivity index (χ1) is 10.6. The predicted molar refractivity (Wildman–Crippen MR) is 93.5 cm³/mol. The van der Waals surface area contributed by atoms with Gasteiger partial charge in [-0.3, -0.25) is 0 Å². The van der Waals surface area contributed by atoms with Gasteiger partial charge in [0.15, 0.2) is 11.4 Å². The fourth-order valence-electron chi connectivity index (χ4n) is 2.62. The largest absolute Gasteiger partial charge is 0.386 e. The molecule has 112 valence electrons. The summed E-state index contributed by atoms with van der Waals surface area (Å²) in [5.74, 6) is -0.309. The highest BCUT2D eigenvalue weighted by Gasteiger charge is 2.47. The predicted octanol–water partition coefficient (Wildman–Crippen LogP) is 4.83. The summed E-state index contributed by atoms with van der Waals surface area (Å²) < 4.78 is 14.9. The third-order valence-electron chi connectivity index (χ3n) is 3.62. The van der Waals surface area contributed by atoms with Gasteiger partial charge < -0.3 is 5.11 Å². The fraction of sp³-hybridized carbons (Fsp3) is 0.0625. The zero-order chi connectivity index (χ0) is 15.7. The number of quaternary nitrogens is 1. The van der Waals surface area contributed by atoms with E-state index >= 15 is 0 Å². The van der Waals surface area contributed by atoms with Crippen LogP contribution in [0.2, 0.25) is 0 Å². The highest BCUT2D eigenvalue weighted by Crippen LogP contribution is 2.47. The summed E-state index contributed by atoms with van der Waals surface area (Å²) in [6.07, 6.45) is 1.63. The lowest BCUT2D eigenvalue weighted by Gasteiger charge is -2.33. The number of nitrogens with zero attached hydrogens (tertiary/aromatic N) is 2. The van der Waals surface area contributed by atoms with Gasteiger partial charge in [0.05, 0.1) is 10.7 Å². The molecule has 1 unspecified atom stereocenters. The summed E-state index contributed by atoms with van der Waals surface area (Å²) in [4.78, 5) is 4.33. The molecule has 1 heterocycles. The molecule has 0 saturated carbocycles. The van der Waals surface area contributed by atoms with Crippen molar-refractivity contribution in [3.05, 3.63) is 70.7 Å². The maximum absolute atomic E-state index is 13.3. The molecule has 0 radical (unpaired) electrons. The third-order valence-corrected chi connectivity index (χ3v) is 5.02. The van der Waals surface area contributed by atoms with E-state index in [-0.39, 0.29) is 16.9 Å². The van der Waals surface area contributed by atoms with Gasteiger partial charge in [-0.1, -0.05) is 12.1 Å². The second-order valence-electron chi connectivity index (χ2n) is 4.78. The van der Waals surface area contributed by atoms with Crippen LogP contribution in [0.1, 0.15) is 0 Å². The number of halogens is 3. The normalized spacial score (nSPS) is 20.7. The number of amidine groups is 1. The van der Waals surface area contributed by atoms with E-state index < -0.39 is 0 Å². The molecule has 1 aliphatic heterocycles. The molecule has 22 heavy (non-hydrogen) atoms. The Morgan fingerprint density at radius 3 is 2.36 bits per heavy atom. The molecule has 0 bridgehead atoms. The van der Waals surface area contributed by atoms with Crippen LogP contribution in [0.4, 0.5) is 15.8 Å². The number of aliphatic hydroxyl groups is 1. The molecule has 0 aromatic heterocycles. The molecule has 2 aromatic rings. The summed E-state index contributed by atoms with van der Waals surface area (Å²) in [7, 11) is 0. The van der Waals surface area contributed by atoms with E-state index in [1.54, 1.807) is 18.3 Å². The molecular weight excluding hydrogens is 415 g/mol. The summed E-state index contributed by atoms with van der Waals surface area (Å²) >= 11 is 7.08. The van der Waals surface area contributed by atoms with Gasteiger partial charge >= 0.3 is 0 Å². The van der Waals surface area contributed by atoms with Crippen molar-refractivity contribution >= 4 is 48.0 Å². The van der Waals surface area contributed by atoms with Gasteiger partial charge in [-0.05, 0) is 34.1 Å². The second-order valence-corrected chi connectivity index (χ2v) is 6.34. The van der Waals surface area contributed by atoms with Crippen molar-refractivity contribution in [2.45, 2.75) is 0 Å². The van der Waals surface area contributed by atoms with Crippen LogP contribution >= 0.6 is 31.9 Å².